The van der Waals surface area contributed by atoms with Gasteiger partial charge in [-0.1, -0.05) is 55.4 Å². The van der Waals surface area contributed by atoms with Crippen molar-refractivity contribution < 1.29 is 8.78 Å². The van der Waals surface area contributed by atoms with Crippen LogP contribution in [0.5, 0.6) is 0 Å². The van der Waals surface area contributed by atoms with Crippen molar-refractivity contribution >= 4 is 0 Å². The van der Waals surface area contributed by atoms with Gasteiger partial charge in [-0.15, -0.1) is 0 Å². The first-order valence-electron chi connectivity index (χ1n) is 5.79. The molecule has 0 unspecified atom stereocenters. The summed E-state index contributed by atoms with van der Waals surface area (Å²) in [7, 11) is 0. The molecule has 0 aliphatic heterocycles. The monoisotopic (exact) mass is 210 g/mol. The summed E-state index contributed by atoms with van der Waals surface area (Å²) in [5.41, 5.74) is -0.0938. The maximum Gasteiger partial charge on any atom is 0.249 e. The van der Waals surface area contributed by atoms with Crippen LogP contribution in [-0.4, -0.2) is 5.92 Å². The van der Waals surface area contributed by atoms with Gasteiger partial charge in [0.15, 0.2) is 0 Å². The highest BCUT2D eigenvalue weighted by Gasteiger charge is 2.50. The van der Waals surface area contributed by atoms with Gasteiger partial charge in [0.2, 0.25) is 5.92 Å². The summed E-state index contributed by atoms with van der Waals surface area (Å²) in [6.45, 7) is 15.7. The van der Waals surface area contributed by atoms with E-state index in [2.05, 4.69) is 0 Å². The Balaban J connectivity index is -0.000000174. The third kappa shape index (κ3) is 9.94. The number of hydrogen-bond donors (Lipinski definition) is 0. The second-order valence-electron chi connectivity index (χ2n) is 3.37. The molecule has 1 rings (SSSR count). The molecule has 90 valence electrons. The fourth-order valence-electron chi connectivity index (χ4n) is 1.35. The zero-order valence-corrected chi connectivity index (χ0v) is 11.2. The molecule has 0 amide bonds. The molecule has 0 saturated heterocycles. The van der Waals surface area contributed by atoms with Crippen LogP contribution in [0.4, 0.5) is 8.78 Å². The van der Waals surface area contributed by atoms with E-state index in [9.17, 15) is 8.78 Å². The van der Waals surface area contributed by atoms with Gasteiger partial charge in [-0.25, -0.2) is 8.78 Å². The van der Waals surface area contributed by atoms with E-state index in [-0.39, 0.29) is 18.3 Å². The molecular weight excluding hydrogens is 182 g/mol. The third-order valence-corrected chi connectivity index (χ3v) is 1.47. The SMILES string of the molecule is CC.CC.CC.CC1(C)CC(F)(F)C1. The molecule has 2 heteroatoms. The van der Waals surface area contributed by atoms with Crippen LogP contribution in [0.3, 0.4) is 0 Å². The minimum atomic E-state index is -2.34. The standard InChI is InChI=1S/C6H10F2.3C2H6/c1-5(2)3-6(7,8)4-5;3*1-2/h3-4H2,1-2H3;3*1-2H3. The summed E-state index contributed by atoms with van der Waals surface area (Å²) >= 11 is 0. The zero-order chi connectivity index (χ0) is 12.4. The van der Waals surface area contributed by atoms with Gasteiger partial charge >= 0.3 is 0 Å². The number of alkyl halides is 2. The topological polar surface area (TPSA) is 0 Å². The van der Waals surface area contributed by atoms with E-state index in [1.807, 2.05) is 55.4 Å². The largest absolute Gasteiger partial charge is 0.249 e. The number of rotatable bonds is 0. The van der Waals surface area contributed by atoms with E-state index in [1.54, 1.807) is 0 Å². The van der Waals surface area contributed by atoms with Gasteiger partial charge in [0, 0.05) is 12.8 Å². The van der Waals surface area contributed by atoms with Crippen LogP contribution in [0.2, 0.25) is 0 Å². The highest BCUT2D eigenvalue weighted by molar-refractivity contribution is 4.92. The van der Waals surface area contributed by atoms with E-state index in [4.69, 9.17) is 0 Å². The van der Waals surface area contributed by atoms with E-state index < -0.39 is 5.92 Å². The molecule has 0 aromatic carbocycles. The molecule has 0 nitrogen and oxygen atoms in total. The Bertz CT molecular complexity index is 84.9. The van der Waals surface area contributed by atoms with Gasteiger partial charge in [0.25, 0.3) is 0 Å². The number of halogens is 2. The molecule has 0 radical (unpaired) electrons. The summed E-state index contributed by atoms with van der Waals surface area (Å²) in [5.74, 6) is -2.34. The second-order valence-corrected chi connectivity index (χ2v) is 3.37. The Morgan fingerprint density at radius 2 is 0.929 bits per heavy atom. The van der Waals surface area contributed by atoms with Crippen LogP contribution in [0.15, 0.2) is 0 Å². The average Bonchev–Trinajstić information content (AvgIpc) is 2.10. The summed E-state index contributed by atoms with van der Waals surface area (Å²) in [6, 6.07) is 0. The third-order valence-electron chi connectivity index (χ3n) is 1.47. The van der Waals surface area contributed by atoms with Crippen molar-refractivity contribution in [3.8, 4) is 0 Å². The Kier molecular flexibility index (Phi) is 13.1. The van der Waals surface area contributed by atoms with E-state index in [1.165, 1.54) is 0 Å². The van der Waals surface area contributed by atoms with Gasteiger partial charge in [-0.3, -0.25) is 0 Å². The van der Waals surface area contributed by atoms with E-state index in [0.29, 0.717) is 0 Å². The summed E-state index contributed by atoms with van der Waals surface area (Å²) < 4.78 is 24.1. The Labute approximate surface area is 89.1 Å². The minimum absolute atomic E-state index is 0.0694. The molecule has 0 spiro atoms. The van der Waals surface area contributed by atoms with Crippen LogP contribution in [-0.2, 0) is 0 Å². The lowest BCUT2D eigenvalue weighted by atomic mass is 9.69. The van der Waals surface area contributed by atoms with Crippen LogP contribution < -0.4 is 0 Å². The maximum absolute atomic E-state index is 12.0. The highest BCUT2D eigenvalue weighted by atomic mass is 19.3. The lowest BCUT2D eigenvalue weighted by molar-refractivity contribution is -0.146. The maximum atomic E-state index is 12.0. The molecule has 14 heavy (non-hydrogen) atoms. The first kappa shape index (κ1) is 19.4. The fourth-order valence-corrected chi connectivity index (χ4v) is 1.35. The molecular formula is C12H28F2. The van der Waals surface area contributed by atoms with Gasteiger partial charge in [-0.2, -0.15) is 0 Å². The molecule has 0 aromatic heterocycles. The van der Waals surface area contributed by atoms with Gasteiger partial charge in [-0.05, 0) is 5.41 Å². The Hall–Kier alpha value is -0.140. The summed E-state index contributed by atoms with van der Waals surface area (Å²) in [5, 5.41) is 0. The second kappa shape index (κ2) is 9.42. The molecule has 1 aliphatic rings. The zero-order valence-electron chi connectivity index (χ0n) is 11.2. The Morgan fingerprint density at radius 3 is 0.929 bits per heavy atom. The smallest absolute Gasteiger partial charge is 0.207 e. The molecule has 1 saturated carbocycles. The predicted molar refractivity (Wildman–Crippen MR) is 62.0 cm³/mol. The van der Waals surface area contributed by atoms with Crippen molar-refractivity contribution in [3.05, 3.63) is 0 Å². The van der Waals surface area contributed by atoms with Gasteiger partial charge in [0.05, 0.1) is 0 Å². The molecule has 1 fully saturated rings. The quantitative estimate of drug-likeness (QED) is 0.494. The fraction of sp³-hybridized carbons (Fsp3) is 1.00. The molecule has 0 N–H and O–H groups in total. The van der Waals surface area contributed by atoms with E-state index >= 15 is 0 Å². The van der Waals surface area contributed by atoms with Crippen LogP contribution in [0.25, 0.3) is 0 Å². The molecule has 0 heterocycles. The molecule has 0 atom stereocenters. The first-order chi connectivity index (χ1) is 6.41. The van der Waals surface area contributed by atoms with Crippen molar-refractivity contribution in [1.29, 1.82) is 0 Å². The highest BCUT2D eigenvalue weighted by Crippen LogP contribution is 2.50. The van der Waals surface area contributed by atoms with Crippen molar-refractivity contribution in [1.82, 2.24) is 0 Å². The van der Waals surface area contributed by atoms with Crippen molar-refractivity contribution in [2.75, 3.05) is 0 Å². The van der Waals surface area contributed by atoms with Crippen molar-refractivity contribution in [2.45, 2.75) is 74.2 Å². The lowest BCUT2D eigenvalue weighted by Crippen LogP contribution is -2.41. The molecule has 0 aromatic rings. The van der Waals surface area contributed by atoms with Gasteiger partial charge in [0.1, 0.15) is 0 Å². The molecule has 0 bridgehead atoms. The summed E-state index contributed by atoms with van der Waals surface area (Å²) in [6.07, 6.45) is 0.139. The minimum Gasteiger partial charge on any atom is -0.207 e. The van der Waals surface area contributed by atoms with Crippen molar-refractivity contribution in [3.63, 3.8) is 0 Å². The van der Waals surface area contributed by atoms with Crippen LogP contribution in [0.1, 0.15) is 68.2 Å². The lowest BCUT2D eigenvalue weighted by Gasteiger charge is -2.41. The predicted octanol–water partition coefficient (Wildman–Crippen LogP) is 5.52. The molecule has 1 aliphatic carbocycles. The van der Waals surface area contributed by atoms with Crippen molar-refractivity contribution in [2.24, 2.45) is 5.41 Å². The van der Waals surface area contributed by atoms with Crippen LogP contribution >= 0.6 is 0 Å². The normalized spacial score (nSPS) is 19.3. The number of hydrogen-bond acceptors (Lipinski definition) is 0. The van der Waals surface area contributed by atoms with Crippen LogP contribution in [0, 0.1) is 5.41 Å². The summed E-state index contributed by atoms with van der Waals surface area (Å²) in [4.78, 5) is 0. The average molecular weight is 210 g/mol. The first-order valence-corrected chi connectivity index (χ1v) is 5.79. The van der Waals surface area contributed by atoms with E-state index in [0.717, 1.165) is 0 Å². The van der Waals surface area contributed by atoms with Gasteiger partial charge < -0.3 is 0 Å². The Morgan fingerprint density at radius 1 is 0.714 bits per heavy atom.